The number of halogens is 1. The SMILES string of the molecule is O=C(N[C@H]1CC[C@@H](C(=O)O)C1)c1sccc1Br. The molecule has 6 heteroatoms. The summed E-state index contributed by atoms with van der Waals surface area (Å²) in [4.78, 5) is 23.3. The summed E-state index contributed by atoms with van der Waals surface area (Å²) >= 11 is 4.68. The van der Waals surface area contributed by atoms with E-state index in [2.05, 4.69) is 21.2 Å². The van der Waals surface area contributed by atoms with Gasteiger partial charge in [0.15, 0.2) is 0 Å². The number of nitrogens with one attached hydrogen (secondary N) is 1. The Bertz CT molecular complexity index is 446. The summed E-state index contributed by atoms with van der Waals surface area (Å²) in [5, 5.41) is 13.6. The summed E-state index contributed by atoms with van der Waals surface area (Å²) < 4.78 is 0.785. The van der Waals surface area contributed by atoms with Crippen LogP contribution in [0.25, 0.3) is 0 Å². The van der Waals surface area contributed by atoms with Crippen LogP contribution in [0.3, 0.4) is 0 Å². The van der Waals surface area contributed by atoms with Gasteiger partial charge in [0.25, 0.3) is 5.91 Å². The second kappa shape index (κ2) is 5.18. The highest BCUT2D eigenvalue weighted by Gasteiger charge is 2.31. The Morgan fingerprint density at radius 1 is 1.47 bits per heavy atom. The smallest absolute Gasteiger partial charge is 0.306 e. The van der Waals surface area contributed by atoms with Crippen LogP contribution in [0.15, 0.2) is 15.9 Å². The maximum atomic E-state index is 11.9. The third-order valence-corrected chi connectivity index (χ3v) is 4.78. The number of carbonyl (C=O) groups is 2. The van der Waals surface area contributed by atoms with Crippen molar-refractivity contribution in [1.29, 1.82) is 0 Å². The molecule has 4 nitrogen and oxygen atoms in total. The second-order valence-electron chi connectivity index (χ2n) is 4.12. The van der Waals surface area contributed by atoms with Crippen molar-refractivity contribution < 1.29 is 14.7 Å². The Hall–Kier alpha value is -0.880. The molecule has 1 fully saturated rings. The molecule has 1 amide bonds. The normalized spacial score (nSPS) is 23.6. The summed E-state index contributed by atoms with van der Waals surface area (Å²) in [5.74, 6) is -1.20. The van der Waals surface area contributed by atoms with E-state index in [-0.39, 0.29) is 17.9 Å². The molecule has 0 aliphatic heterocycles. The van der Waals surface area contributed by atoms with Gasteiger partial charge < -0.3 is 10.4 Å². The van der Waals surface area contributed by atoms with Crippen LogP contribution >= 0.6 is 27.3 Å². The van der Waals surface area contributed by atoms with Crippen LogP contribution in [0.2, 0.25) is 0 Å². The van der Waals surface area contributed by atoms with Gasteiger partial charge in [-0.1, -0.05) is 0 Å². The maximum absolute atomic E-state index is 11.9. The number of hydrogen-bond acceptors (Lipinski definition) is 3. The van der Waals surface area contributed by atoms with E-state index >= 15 is 0 Å². The van der Waals surface area contributed by atoms with Crippen molar-refractivity contribution in [2.75, 3.05) is 0 Å². The van der Waals surface area contributed by atoms with E-state index in [1.165, 1.54) is 11.3 Å². The van der Waals surface area contributed by atoms with Crippen LogP contribution < -0.4 is 5.32 Å². The zero-order valence-electron chi connectivity index (χ0n) is 8.98. The number of thiophene rings is 1. The summed E-state index contributed by atoms with van der Waals surface area (Å²) in [6.07, 6.45) is 1.92. The van der Waals surface area contributed by atoms with Crippen molar-refractivity contribution in [1.82, 2.24) is 5.32 Å². The topological polar surface area (TPSA) is 66.4 Å². The average molecular weight is 318 g/mol. The molecule has 2 N–H and O–H groups in total. The highest BCUT2D eigenvalue weighted by atomic mass is 79.9. The molecule has 0 bridgehead atoms. The van der Waals surface area contributed by atoms with Gasteiger partial charge in [0, 0.05) is 10.5 Å². The molecule has 1 aromatic rings. The van der Waals surface area contributed by atoms with Gasteiger partial charge in [-0.2, -0.15) is 0 Å². The number of aliphatic carboxylic acids is 1. The average Bonchev–Trinajstić information content (AvgIpc) is 2.86. The third-order valence-electron chi connectivity index (χ3n) is 2.94. The van der Waals surface area contributed by atoms with Gasteiger partial charge in [0.2, 0.25) is 0 Å². The lowest BCUT2D eigenvalue weighted by Gasteiger charge is -2.11. The first-order chi connectivity index (χ1) is 8.08. The lowest BCUT2D eigenvalue weighted by Crippen LogP contribution is -2.33. The largest absolute Gasteiger partial charge is 0.481 e. The van der Waals surface area contributed by atoms with E-state index in [0.29, 0.717) is 17.7 Å². The fourth-order valence-electron chi connectivity index (χ4n) is 2.04. The predicted molar refractivity (Wildman–Crippen MR) is 68.3 cm³/mol. The number of carboxylic acids is 1. The minimum absolute atomic E-state index is 0.0161. The Morgan fingerprint density at radius 3 is 2.76 bits per heavy atom. The van der Waals surface area contributed by atoms with E-state index in [0.717, 1.165) is 10.9 Å². The fraction of sp³-hybridized carbons (Fsp3) is 0.455. The van der Waals surface area contributed by atoms with Crippen molar-refractivity contribution in [2.24, 2.45) is 5.92 Å². The molecule has 1 heterocycles. The van der Waals surface area contributed by atoms with Gasteiger partial charge in [0.1, 0.15) is 4.88 Å². The summed E-state index contributed by atoms with van der Waals surface area (Å²) in [6, 6.07) is 1.81. The molecule has 0 radical (unpaired) electrons. The summed E-state index contributed by atoms with van der Waals surface area (Å²) in [6.45, 7) is 0. The van der Waals surface area contributed by atoms with Crippen LogP contribution in [0, 0.1) is 5.92 Å². The van der Waals surface area contributed by atoms with Gasteiger partial charge in [-0.05, 0) is 46.6 Å². The molecule has 0 unspecified atom stereocenters. The molecule has 0 aromatic carbocycles. The van der Waals surface area contributed by atoms with Crippen LogP contribution in [0.5, 0.6) is 0 Å². The molecule has 0 spiro atoms. The number of rotatable bonds is 3. The lowest BCUT2D eigenvalue weighted by atomic mass is 10.1. The highest BCUT2D eigenvalue weighted by molar-refractivity contribution is 9.10. The minimum Gasteiger partial charge on any atom is -0.481 e. The number of amides is 1. The van der Waals surface area contributed by atoms with E-state index in [4.69, 9.17) is 5.11 Å². The van der Waals surface area contributed by atoms with Gasteiger partial charge >= 0.3 is 5.97 Å². The maximum Gasteiger partial charge on any atom is 0.306 e. The lowest BCUT2D eigenvalue weighted by molar-refractivity contribution is -0.141. The summed E-state index contributed by atoms with van der Waals surface area (Å²) in [5.41, 5.74) is 0. The summed E-state index contributed by atoms with van der Waals surface area (Å²) in [7, 11) is 0. The second-order valence-corrected chi connectivity index (χ2v) is 5.89. The third kappa shape index (κ3) is 2.87. The molecule has 1 aromatic heterocycles. The molecular weight excluding hydrogens is 306 g/mol. The Morgan fingerprint density at radius 2 is 2.24 bits per heavy atom. The Balaban J connectivity index is 1.93. The van der Waals surface area contributed by atoms with E-state index < -0.39 is 5.97 Å². The van der Waals surface area contributed by atoms with Gasteiger partial charge in [-0.3, -0.25) is 9.59 Å². The van der Waals surface area contributed by atoms with Crippen molar-refractivity contribution in [3.63, 3.8) is 0 Å². The van der Waals surface area contributed by atoms with Crippen LogP contribution in [0.1, 0.15) is 28.9 Å². The molecule has 1 aliphatic rings. The van der Waals surface area contributed by atoms with Crippen LogP contribution in [-0.4, -0.2) is 23.0 Å². The van der Waals surface area contributed by atoms with Gasteiger partial charge in [0.05, 0.1) is 5.92 Å². The van der Waals surface area contributed by atoms with Crippen molar-refractivity contribution in [3.8, 4) is 0 Å². The quantitative estimate of drug-likeness (QED) is 0.900. The van der Waals surface area contributed by atoms with Crippen LogP contribution in [-0.2, 0) is 4.79 Å². The van der Waals surface area contributed by atoms with Gasteiger partial charge in [-0.25, -0.2) is 0 Å². The molecule has 92 valence electrons. The Labute approximate surface area is 111 Å². The van der Waals surface area contributed by atoms with Crippen molar-refractivity contribution in [3.05, 3.63) is 20.8 Å². The monoisotopic (exact) mass is 317 g/mol. The molecule has 1 aliphatic carbocycles. The van der Waals surface area contributed by atoms with Crippen LogP contribution in [0.4, 0.5) is 0 Å². The van der Waals surface area contributed by atoms with E-state index in [9.17, 15) is 9.59 Å². The zero-order chi connectivity index (χ0) is 12.4. The van der Waals surface area contributed by atoms with E-state index in [1.807, 2.05) is 11.4 Å². The fourth-order valence-corrected chi connectivity index (χ4v) is 3.50. The molecular formula is C11H12BrNO3S. The minimum atomic E-state index is -0.765. The molecule has 2 atom stereocenters. The first kappa shape index (κ1) is 12.6. The van der Waals surface area contributed by atoms with Gasteiger partial charge in [-0.15, -0.1) is 11.3 Å². The van der Waals surface area contributed by atoms with Crippen molar-refractivity contribution >= 4 is 39.1 Å². The highest BCUT2D eigenvalue weighted by Crippen LogP contribution is 2.27. The number of carboxylic acid groups (broad SMARTS) is 1. The first-order valence-corrected chi connectivity index (χ1v) is 7.02. The molecule has 1 saturated carbocycles. The molecule has 17 heavy (non-hydrogen) atoms. The number of hydrogen-bond donors (Lipinski definition) is 2. The number of carbonyl (C=O) groups excluding carboxylic acids is 1. The van der Waals surface area contributed by atoms with E-state index in [1.54, 1.807) is 0 Å². The molecule has 2 rings (SSSR count). The molecule has 0 saturated heterocycles. The standard InChI is InChI=1S/C11H12BrNO3S/c12-8-3-4-17-9(8)10(14)13-7-2-1-6(5-7)11(15)16/h3-4,6-7H,1-2,5H2,(H,13,14)(H,15,16)/t6-,7+/m1/s1. The predicted octanol–water partition coefficient (Wildman–Crippen LogP) is 2.49. The zero-order valence-corrected chi connectivity index (χ0v) is 11.4. The Kier molecular flexibility index (Phi) is 3.83. The first-order valence-electron chi connectivity index (χ1n) is 5.34. The van der Waals surface area contributed by atoms with Crippen molar-refractivity contribution in [2.45, 2.75) is 25.3 Å².